The number of sulfonamides is 1. The van der Waals surface area contributed by atoms with Gasteiger partial charge in [0.15, 0.2) is 0 Å². The largest absolute Gasteiger partial charge is 0.573 e. The molecule has 5 nitrogen and oxygen atoms in total. The van der Waals surface area contributed by atoms with Crippen molar-refractivity contribution in [2.75, 3.05) is 11.1 Å². The van der Waals surface area contributed by atoms with Crippen molar-refractivity contribution in [2.24, 2.45) is 5.14 Å². The predicted molar refractivity (Wildman–Crippen MR) is 68.8 cm³/mol. The molecule has 0 amide bonds. The van der Waals surface area contributed by atoms with Gasteiger partial charge < -0.3 is 10.1 Å². The number of primary sulfonamides is 1. The minimum Gasteiger partial charge on any atom is -0.406 e. The quantitative estimate of drug-likeness (QED) is 0.842. The van der Waals surface area contributed by atoms with Crippen LogP contribution >= 0.6 is 0 Å². The SMILES string of the molecule is CCC(CS(N)(=O)=O)Nc1ccc(OC(F)(F)F)cc1. The molecule has 0 fully saturated rings. The Balaban J connectivity index is 2.69. The second-order valence-electron chi connectivity index (χ2n) is 4.15. The summed E-state index contributed by atoms with van der Waals surface area (Å²) in [5, 5.41) is 7.83. The highest BCUT2D eigenvalue weighted by Crippen LogP contribution is 2.24. The number of benzene rings is 1. The van der Waals surface area contributed by atoms with E-state index in [9.17, 15) is 21.6 Å². The Bertz CT molecular complexity index is 529. The number of halogens is 3. The van der Waals surface area contributed by atoms with E-state index in [1.165, 1.54) is 12.1 Å². The van der Waals surface area contributed by atoms with Gasteiger partial charge in [0.25, 0.3) is 0 Å². The van der Waals surface area contributed by atoms with E-state index in [0.29, 0.717) is 12.1 Å². The Kier molecular flexibility index (Phi) is 5.23. The highest BCUT2D eigenvalue weighted by atomic mass is 32.2. The van der Waals surface area contributed by atoms with Gasteiger partial charge in [-0.05, 0) is 30.7 Å². The number of nitrogens with two attached hydrogens (primary N) is 1. The summed E-state index contributed by atoms with van der Waals surface area (Å²) in [6.07, 6.45) is -4.24. The molecule has 1 atom stereocenters. The molecule has 0 bridgehead atoms. The van der Waals surface area contributed by atoms with Crippen LogP contribution < -0.4 is 15.2 Å². The predicted octanol–water partition coefficient (Wildman–Crippen LogP) is 2.06. The fourth-order valence-electron chi connectivity index (χ4n) is 1.53. The van der Waals surface area contributed by atoms with Crippen molar-refractivity contribution >= 4 is 15.7 Å². The molecule has 1 rings (SSSR count). The molecule has 20 heavy (non-hydrogen) atoms. The molecule has 0 aliphatic carbocycles. The first-order chi connectivity index (χ1) is 9.09. The smallest absolute Gasteiger partial charge is 0.406 e. The molecule has 0 radical (unpaired) electrons. The molecule has 0 aliphatic rings. The van der Waals surface area contributed by atoms with Gasteiger partial charge in [-0.2, -0.15) is 0 Å². The summed E-state index contributed by atoms with van der Waals surface area (Å²) in [4.78, 5) is 0. The van der Waals surface area contributed by atoms with Crippen molar-refractivity contribution in [3.8, 4) is 5.75 Å². The van der Waals surface area contributed by atoms with E-state index >= 15 is 0 Å². The third kappa shape index (κ3) is 6.62. The zero-order valence-corrected chi connectivity index (χ0v) is 11.5. The van der Waals surface area contributed by atoms with E-state index < -0.39 is 22.4 Å². The van der Waals surface area contributed by atoms with Crippen molar-refractivity contribution in [1.82, 2.24) is 0 Å². The van der Waals surface area contributed by atoms with E-state index in [2.05, 4.69) is 10.1 Å². The molecule has 0 aliphatic heterocycles. The molecule has 0 heterocycles. The Morgan fingerprint density at radius 3 is 2.25 bits per heavy atom. The zero-order chi connectivity index (χ0) is 15.4. The molecular weight excluding hydrogens is 297 g/mol. The second-order valence-corrected chi connectivity index (χ2v) is 5.81. The van der Waals surface area contributed by atoms with Crippen molar-refractivity contribution in [1.29, 1.82) is 0 Å². The molecular formula is C11H15F3N2O3S. The van der Waals surface area contributed by atoms with Crippen molar-refractivity contribution in [2.45, 2.75) is 25.7 Å². The van der Waals surface area contributed by atoms with Crippen molar-refractivity contribution in [3.05, 3.63) is 24.3 Å². The fraction of sp³-hybridized carbons (Fsp3) is 0.455. The summed E-state index contributed by atoms with van der Waals surface area (Å²) in [5.41, 5.74) is 0.482. The lowest BCUT2D eigenvalue weighted by Gasteiger charge is -2.17. The van der Waals surface area contributed by atoms with Crippen LogP contribution in [0.5, 0.6) is 5.75 Å². The molecule has 0 spiro atoms. The maximum atomic E-state index is 12.0. The maximum Gasteiger partial charge on any atom is 0.573 e. The third-order valence-electron chi connectivity index (χ3n) is 2.38. The van der Waals surface area contributed by atoms with Crippen molar-refractivity contribution in [3.63, 3.8) is 0 Å². The highest BCUT2D eigenvalue weighted by Gasteiger charge is 2.30. The van der Waals surface area contributed by atoms with E-state index in [-0.39, 0.29) is 11.5 Å². The van der Waals surface area contributed by atoms with Gasteiger partial charge in [0.2, 0.25) is 10.0 Å². The average molecular weight is 312 g/mol. The maximum absolute atomic E-state index is 12.0. The molecule has 3 N–H and O–H groups in total. The molecule has 0 aromatic heterocycles. The summed E-state index contributed by atoms with van der Waals surface area (Å²) < 4.78 is 61.6. The summed E-state index contributed by atoms with van der Waals surface area (Å²) in [6, 6.07) is 4.60. The van der Waals surface area contributed by atoms with Gasteiger partial charge >= 0.3 is 6.36 Å². The minimum atomic E-state index is -4.74. The first-order valence-corrected chi connectivity index (χ1v) is 7.43. The molecule has 114 valence electrons. The molecule has 1 unspecified atom stereocenters. The number of hydrogen-bond acceptors (Lipinski definition) is 4. The number of rotatable bonds is 6. The van der Waals surface area contributed by atoms with Gasteiger partial charge in [0.1, 0.15) is 5.75 Å². The first kappa shape index (κ1) is 16.6. The van der Waals surface area contributed by atoms with Gasteiger partial charge in [-0.15, -0.1) is 13.2 Å². The molecule has 1 aromatic rings. The van der Waals surface area contributed by atoms with Gasteiger partial charge in [-0.1, -0.05) is 6.92 Å². The number of anilines is 1. The minimum absolute atomic E-state index is 0.260. The van der Waals surface area contributed by atoms with E-state index in [0.717, 1.165) is 12.1 Å². The summed E-state index contributed by atoms with van der Waals surface area (Å²) in [5.74, 6) is -0.604. The van der Waals surface area contributed by atoms with Gasteiger partial charge in [0, 0.05) is 11.7 Å². The monoisotopic (exact) mass is 312 g/mol. The van der Waals surface area contributed by atoms with Crippen LogP contribution in [0.2, 0.25) is 0 Å². The van der Waals surface area contributed by atoms with Crippen LogP contribution in [0.25, 0.3) is 0 Å². The third-order valence-corrected chi connectivity index (χ3v) is 3.25. The zero-order valence-electron chi connectivity index (χ0n) is 10.6. The number of ether oxygens (including phenoxy) is 1. The normalized spacial score (nSPS) is 13.8. The van der Waals surface area contributed by atoms with Crippen LogP contribution in [0, 0.1) is 0 Å². The lowest BCUT2D eigenvalue weighted by molar-refractivity contribution is -0.274. The van der Waals surface area contributed by atoms with Crippen LogP contribution in [0.1, 0.15) is 13.3 Å². The summed E-state index contributed by atoms with van der Waals surface area (Å²) in [6.45, 7) is 1.77. The average Bonchev–Trinajstić information content (AvgIpc) is 2.27. The van der Waals surface area contributed by atoms with Crippen LogP contribution in [0.3, 0.4) is 0 Å². The van der Waals surface area contributed by atoms with Crippen LogP contribution in [-0.2, 0) is 10.0 Å². The molecule has 0 saturated heterocycles. The molecule has 1 aromatic carbocycles. The van der Waals surface area contributed by atoms with E-state index in [4.69, 9.17) is 5.14 Å². The van der Waals surface area contributed by atoms with Crippen LogP contribution in [0.15, 0.2) is 24.3 Å². The van der Waals surface area contributed by atoms with Crippen LogP contribution in [0.4, 0.5) is 18.9 Å². The van der Waals surface area contributed by atoms with E-state index in [1.807, 2.05) is 0 Å². The molecule has 9 heteroatoms. The second kappa shape index (κ2) is 6.31. The van der Waals surface area contributed by atoms with E-state index in [1.54, 1.807) is 6.92 Å². The standard InChI is InChI=1S/C11H15F3N2O3S/c1-2-8(7-20(15,17)18)16-9-3-5-10(6-4-9)19-11(12,13)14/h3-6,8,16H,2,7H2,1H3,(H2,15,17,18). The number of nitrogens with one attached hydrogen (secondary N) is 1. The van der Waals surface area contributed by atoms with Gasteiger partial charge in [-0.3, -0.25) is 0 Å². The van der Waals surface area contributed by atoms with Crippen LogP contribution in [-0.4, -0.2) is 26.6 Å². The Morgan fingerprint density at radius 2 is 1.85 bits per heavy atom. The molecule has 0 saturated carbocycles. The summed E-state index contributed by atoms with van der Waals surface area (Å²) in [7, 11) is -3.62. The number of alkyl halides is 3. The highest BCUT2D eigenvalue weighted by molar-refractivity contribution is 7.89. The Morgan fingerprint density at radius 1 is 1.30 bits per heavy atom. The lowest BCUT2D eigenvalue weighted by Crippen LogP contribution is -2.31. The topological polar surface area (TPSA) is 81.4 Å². The summed E-state index contributed by atoms with van der Waals surface area (Å²) >= 11 is 0. The Labute approximate surface area is 115 Å². The van der Waals surface area contributed by atoms with Gasteiger partial charge in [0.05, 0.1) is 5.75 Å². The first-order valence-electron chi connectivity index (χ1n) is 5.72. The lowest BCUT2D eigenvalue weighted by atomic mass is 10.2. The number of hydrogen-bond donors (Lipinski definition) is 2. The van der Waals surface area contributed by atoms with Gasteiger partial charge in [-0.25, -0.2) is 13.6 Å². The Hall–Kier alpha value is -1.48. The van der Waals surface area contributed by atoms with Crippen molar-refractivity contribution < 1.29 is 26.3 Å². The fourth-order valence-corrected chi connectivity index (χ4v) is 2.41.